The lowest BCUT2D eigenvalue weighted by Crippen LogP contribution is -2.23. The van der Waals surface area contributed by atoms with Gasteiger partial charge in [0.2, 0.25) is 0 Å². The summed E-state index contributed by atoms with van der Waals surface area (Å²) in [6, 6.07) is 13.1. The monoisotopic (exact) mass is 317 g/mol. The van der Waals surface area contributed by atoms with E-state index in [1.165, 1.54) is 11.1 Å². The van der Waals surface area contributed by atoms with Gasteiger partial charge < -0.3 is 16.2 Å². The normalized spacial score (nSPS) is 13.0. The molecule has 0 saturated carbocycles. The summed E-state index contributed by atoms with van der Waals surface area (Å²) in [5.41, 5.74) is 9.76. The minimum Gasteiger partial charge on any atom is -0.386 e. The van der Waals surface area contributed by atoms with Crippen LogP contribution in [0.2, 0.25) is 5.02 Å². The van der Waals surface area contributed by atoms with E-state index < -0.39 is 6.10 Å². The Kier molecular flexibility index (Phi) is 5.41. The van der Waals surface area contributed by atoms with Crippen molar-refractivity contribution in [2.75, 3.05) is 11.9 Å². The Balaban J connectivity index is 2.00. The molecule has 1 atom stereocenters. The van der Waals surface area contributed by atoms with Crippen molar-refractivity contribution in [2.45, 2.75) is 20.0 Å². The van der Waals surface area contributed by atoms with Gasteiger partial charge in [-0.05, 0) is 43.2 Å². The van der Waals surface area contributed by atoms with E-state index >= 15 is 0 Å². The number of nitrogens with zero attached hydrogens (tertiary/aromatic N) is 1. The van der Waals surface area contributed by atoms with Gasteiger partial charge in [0.15, 0.2) is 5.96 Å². The highest BCUT2D eigenvalue weighted by Crippen LogP contribution is 2.22. The Bertz CT molecular complexity index is 685. The van der Waals surface area contributed by atoms with E-state index in [2.05, 4.69) is 17.2 Å². The SMILES string of the molecule is Cc1ccc(NC(N)=NCC(O)c2ccccc2Cl)cc1C. The number of rotatable bonds is 4. The van der Waals surface area contributed by atoms with Crippen LogP contribution in [-0.2, 0) is 0 Å². The maximum absolute atomic E-state index is 10.1. The van der Waals surface area contributed by atoms with E-state index in [0.29, 0.717) is 10.6 Å². The second kappa shape index (κ2) is 7.29. The predicted molar refractivity (Wildman–Crippen MR) is 92.4 cm³/mol. The quantitative estimate of drug-likeness (QED) is 0.597. The zero-order valence-electron chi connectivity index (χ0n) is 12.7. The largest absolute Gasteiger partial charge is 0.386 e. The van der Waals surface area contributed by atoms with Crippen molar-refractivity contribution in [3.8, 4) is 0 Å². The summed E-state index contributed by atoms with van der Waals surface area (Å²) in [7, 11) is 0. The van der Waals surface area contributed by atoms with Crippen LogP contribution in [0.25, 0.3) is 0 Å². The molecule has 2 aromatic rings. The zero-order valence-corrected chi connectivity index (χ0v) is 13.4. The first-order chi connectivity index (χ1) is 10.5. The molecule has 0 bridgehead atoms. The number of aliphatic hydroxyl groups excluding tert-OH is 1. The van der Waals surface area contributed by atoms with Crippen molar-refractivity contribution in [2.24, 2.45) is 10.7 Å². The summed E-state index contributed by atoms with van der Waals surface area (Å²) in [5.74, 6) is 0.259. The van der Waals surface area contributed by atoms with Gasteiger partial charge in [0, 0.05) is 16.3 Å². The van der Waals surface area contributed by atoms with E-state index in [1.54, 1.807) is 12.1 Å². The smallest absolute Gasteiger partial charge is 0.193 e. The van der Waals surface area contributed by atoms with E-state index in [0.717, 1.165) is 5.69 Å². The average molecular weight is 318 g/mol. The van der Waals surface area contributed by atoms with Gasteiger partial charge in [-0.25, -0.2) is 0 Å². The Morgan fingerprint density at radius 2 is 1.95 bits per heavy atom. The number of aliphatic imine (C=N–C) groups is 1. The molecule has 4 N–H and O–H groups in total. The number of benzene rings is 2. The van der Waals surface area contributed by atoms with Crippen molar-refractivity contribution in [3.63, 3.8) is 0 Å². The van der Waals surface area contributed by atoms with E-state index in [-0.39, 0.29) is 12.5 Å². The van der Waals surface area contributed by atoms with Crippen LogP contribution in [0.5, 0.6) is 0 Å². The number of aliphatic hydroxyl groups is 1. The summed E-state index contributed by atoms with van der Waals surface area (Å²) in [6.07, 6.45) is -0.784. The molecule has 2 aromatic carbocycles. The molecule has 116 valence electrons. The molecule has 0 heterocycles. The van der Waals surface area contributed by atoms with Crippen LogP contribution in [0.15, 0.2) is 47.5 Å². The fourth-order valence-electron chi connectivity index (χ4n) is 2.04. The van der Waals surface area contributed by atoms with Gasteiger partial charge in [-0.2, -0.15) is 0 Å². The van der Waals surface area contributed by atoms with Gasteiger partial charge in [0.1, 0.15) is 6.10 Å². The molecule has 22 heavy (non-hydrogen) atoms. The van der Waals surface area contributed by atoms with Crippen LogP contribution < -0.4 is 11.1 Å². The lowest BCUT2D eigenvalue weighted by atomic mass is 10.1. The molecule has 0 aromatic heterocycles. The third kappa shape index (κ3) is 4.23. The standard InChI is InChI=1S/C17H20ClN3O/c1-11-7-8-13(9-12(11)2)21-17(19)20-10-16(22)14-5-3-4-6-15(14)18/h3-9,16,22H,10H2,1-2H3,(H3,19,20,21). The number of halogens is 1. The first-order valence-corrected chi connectivity index (χ1v) is 7.42. The zero-order chi connectivity index (χ0) is 16.1. The average Bonchev–Trinajstić information content (AvgIpc) is 2.49. The summed E-state index contributed by atoms with van der Waals surface area (Å²) < 4.78 is 0. The number of hydrogen-bond donors (Lipinski definition) is 3. The summed E-state index contributed by atoms with van der Waals surface area (Å²) in [5, 5.41) is 13.7. The molecule has 2 rings (SSSR count). The van der Waals surface area contributed by atoms with Crippen LogP contribution in [0.4, 0.5) is 5.69 Å². The molecular formula is C17H20ClN3O. The maximum Gasteiger partial charge on any atom is 0.193 e. The fraction of sp³-hybridized carbons (Fsp3) is 0.235. The summed E-state index contributed by atoms with van der Waals surface area (Å²) >= 11 is 6.04. The lowest BCUT2D eigenvalue weighted by Gasteiger charge is -2.12. The van der Waals surface area contributed by atoms with Gasteiger partial charge in [-0.15, -0.1) is 0 Å². The van der Waals surface area contributed by atoms with Crippen LogP contribution in [0.3, 0.4) is 0 Å². The van der Waals surface area contributed by atoms with E-state index in [4.69, 9.17) is 17.3 Å². The van der Waals surface area contributed by atoms with Crippen LogP contribution in [0.1, 0.15) is 22.8 Å². The minimum absolute atomic E-state index is 0.146. The second-order valence-corrected chi connectivity index (χ2v) is 5.59. The number of nitrogens with one attached hydrogen (secondary N) is 1. The number of aryl methyl sites for hydroxylation is 2. The predicted octanol–water partition coefficient (Wildman–Crippen LogP) is 3.42. The van der Waals surface area contributed by atoms with Crippen molar-refractivity contribution >= 4 is 23.2 Å². The van der Waals surface area contributed by atoms with Gasteiger partial charge >= 0.3 is 0 Å². The first-order valence-electron chi connectivity index (χ1n) is 7.04. The highest BCUT2D eigenvalue weighted by atomic mass is 35.5. The van der Waals surface area contributed by atoms with Gasteiger partial charge in [0.25, 0.3) is 0 Å². The van der Waals surface area contributed by atoms with Crippen molar-refractivity contribution in [3.05, 3.63) is 64.2 Å². The highest BCUT2D eigenvalue weighted by Gasteiger charge is 2.10. The third-order valence-corrected chi connectivity index (χ3v) is 3.82. The number of hydrogen-bond acceptors (Lipinski definition) is 2. The maximum atomic E-state index is 10.1. The molecule has 0 saturated heterocycles. The molecule has 0 fully saturated rings. The molecule has 0 amide bonds. The third-order valence-electron chi connectivity index (χ3n) is 3.48. The number of guanidine groups is 1. The van der Waals surface area contributed by atoms with Crippen LogP contribution in [0, 0.1) is 13.8 Å². The molecule has 0 radical (unpaired) electrons. The molecule has 5 heteroatoms. The highest BCUT2D eigenvalue weighted by molar-refractivity contribution is 6.31. The second-order valence-electron chi connectivity index (χ2n) is 5.19. The fourth-order valence-corrected chi connectivity index (χ4v) is 2.30. The van der Waals surface area contributed by atoms with Crippen LogP contribution in [-0.4, -0.2) is 17.6 Å². The van der Waals surface area contributed by atoms with E-state index in [9.17, 15) is 5.11 Å². The lowest BCUT2D eigenvalue weighted by molar-refractivity contribution is 0.187. The Morgan fingerprint density at radius 1 is 1.23 bits per heavy atom. The van der Waals surface area contributed by atoms with Crippen molar-refractivity contribution in [1.82, 2.24) is 0 Å². The molecule has 4 nitrogen and oxygen atoms in total. The summed E-state index contributed by atoms with van der Waals surface area (Å²) in [6.45, 7) is 4.24. The first kappa shape index (κ1) is 16.3. The van der Waals surface area contributed by atoms with E-state index in [1.807, 2.05) is 37.3 Å². The molecule has 1 unspecified atom stereocenters. The number of anilines is 1. The molecule has 0 spiro atoms. The van der Waals surface area contributed by atoms with Gasteiger partial charge in [0.05, 0.1) is 6.54 Å². The molecule has 0 aliphatic heterocycles. The summed E-state index contributed by atoms with van der Waals surface area (Å²) in [4.78, 5) is 4.16. The van der Waals surface area contributed by atoms with Crippen molar-refractivity contribution in [1.29, 1.82) is 0 Å². The minimum atomic E-state index is -0.784. The Labute approximate surface area is 135 Å². The topological polar surface area (TPSA) is 70.6 Å². The number of nitrogens with two attached hydrogens (primary N) is 1. The Hall–Kier alpha value is -2.04. The van der Waals surface area contributed by atoms with Gasteiger partial charge in [-0.3, -0.25) is 4.99 Å². The molecule has 0 aliphatic carbocycles. The Morgan fingerprint density at radius 3 is 2.64 bits per heavy atom. The molecule has 0 aliphatic rings. The van der Waals surface area contributed by atoms with Crippen LogP contribution >= 0.6 is 11.6 Å². The van der Waals surface area contributed by atoms with Gasteiger partial charge in [-0.1, -0.05) is 35.9 Å². The van der Waals surface area contributed by atoms with Crippen molar-refractivity contribution < 1.29 is 5.11 Å². The molecular weight excluding hydrogens is 298 g/mol.